The highest BCUT2D eigenvalue weighted by atomic mass is 16.5. The number of benzene rings is 2. The summed E-state index contributed by atoms with van der Waals surface area (Å²) in [6.45, 7) is 0. The molecule has 2 aromatic rings. The summed E-state index contributed by atoms with van der Waals surface area (Å²) in [6.07, 6.45) is 0. The van der Waals surface area contributed by atoms with Crippen LogP contribution in [0.5, 0.6) is 5.75 Å². The largest absolute Gasteiger partial charge is 0.497 e. The lowest BCUT2D eigenvalue weighted by molar-refractivity contribution is -0.120. The molecule has 2 aliphatic rings. The van der Waals surface area contributed by atoms with E-state index in [0.29, 0.717) is 28.3 Å². The fraction of sp³-hybridized carbons (Fsp3) is 0.125. The number of amides is 2. The highest BCUT2D eigenvalue weighted by Crippen LogP contribution is 2.41. The maximum Gasteiger partial charge on any atom is 0.275 e. The van der Waals surface area contributed by atoms with E-state index >= 15 is 0 Å². The van der Waals surface area contributed by atoms with Crippen LogP contribution in [0.3, 0.4) is 0 Å². The second-order valence-electron chi connectivity index (χ2n) is 5.24. The quantitative estimate of drug-likeness (QED) is 0.747. The summed E-state index contributed by atoms with van der Waals surface area (Å²) in [6, 6.07) is 12.4. The minimum atomic E-state index is -1.28. The third-order valence-electron chi connectivity index (χ3n) is 4.01. The summed E-state index contributed by atoms with van der Waals surface area (Å²) >= 11 is 0. The van der Waals surface area contributed by atoms with Crippen molar-refractivity contribution in [3.8, 4) is 5.75 Å². The topological polar surface area (TPSA) is 79.5 Å². The molecule has 0 saturated carbocycles. The summed E-state index contributed by atoms with van der Waals surface area (Å²) in [7, 11) is 1.56. The Labute approximate surface area is 126 Å². The van der Waals surface area contributed by atoms with Gasteiger partial charge in [-0.2, -0.15) is 0 Å². The maximum atomic E-state index is 12.5. The normalized spacial score (nSPS) is 21.5. The fourth-order valence-electron chi connectivity index (χ4n) is 2.93. The van der Waals surface area contributed by atoms with Gasteiger partial charge in [-0.25, -0.2) is 0 Å². The number of nitrogens with one attached hydrogen (secondary N) is 3. The van der Waals surface area contributed by atoms with Crippen LogP contribution in [-0.4, -0.2) is 18.9 Å². The maximum absolute atomic E-state index is 12.5. The minimum Gasteiger partial charge on any atom is -0.497 e. The number of rotatable bonds is 1. The summed E-state index contributed by atoms with van der Waals surface area (Å²) in [4.78, 5) is 24.9. The molecule has 22 heavy (non-hydrogen) atoms. The van der Waals surface area contributed by atoms with Crippen LogP contribution in [0.15, 0.2) is 42.5 Å². The Morgan fingerprint density at radius 1 is 1.00 bits per heavy atom. The van der Waals surface area contributed by atoms with Crippen LogP contribution in [0.1, 0.15) is 15.9 Å². The molecular formula is C16H13N3O3. The molecule has 1 spiro atoms. The van der Waals surface area contributed by atoms with Crippen molar-refractivity contribution in [3.63, 3.8) is 0 Å². The smallest absolute Gasteiger partial charge is 0.275 e. The van der Waals surface area contributed by atoms with E-state index in [2.05, 4.69) is 16.0 Å². The molecule has 0 unspecified atom stereocenters. The fourth-order valence-corrected chi connectivity index (χ4v) is 2.93. The number of para-hydroxylation sites is 1. The predicted molar refractivity (Wildman–Crippen MR) is 80.8 cm³/mol. The van der Waals surface area contributed by atoms with Gasteiger partial charge in [0.15, 0.2) is 0 Å². The third-order valence-corrected chi connectivity index (χ3v) is 4.01. The number of carbonyl (C=O) groups excluding carboxylic acids is 2. The predicted octanol–water partition coefficient (Wildman–Crippen LogP) is 1.66. The SMILES string of the molecule is COc1ccc2c(c1)NC(=O)[C@]21NC(=O)c2ccccc2N1. The molecule has 3 N–H and O–H groups in total. The van der Waals surface area contributed by atoms with Crippen LogP contribution >= 0.6 is 0 Å². The minimum absolute atomic E-state index is 0.284. The molecule has 6 heteroatoms. The van der Waals surface area contributed by atoms with E-state index in [4.69, 9.17) is 4.74 Å². The van der Waals surface area contributed by atoms with Crippen LogP contribution < -0.4 is 20.7 Å². The van der Waals surface area contributed by atoms with Gasteiger partial charge in [-0.15, -0.1) is 0 Å². The van der Waals surface area contributed by atoms with E-state index in [0.717, 1.165) is 0 Å². The molecule has 0 fully saturated rings. The van der Waals surface area contributed by atoms with E-state index in [9.17, 15) is 9.59 Å². The number of ether oxygens (including phenoxy) is 1. The Balaban J connectivity index is 1.87. The number of anilines is 2. The first-order chi connectivity index (χ1) is 10.6. The van der Waals surface area contributed by atoms with Gasteiger partial charge in [-0.3, -0.25) is 9.59 Å². The zero-order valence-corrected chi connectivity index (χ0v) is 11.8. The van der Waals surface area contributed by atoms with Gasteiger partial charge in [0.1, 0.15) is 5.75 Å². The number of carbonyl (C=O) groups is 2. The van der Waals surface area contributed by atoms with Gasteiger partial charge in [-0.05, 0) is 24.3 Å². The Hall–Kier alpha value is -3.02. The van der Waals surface area contributed by atoms with Crippen LogP contribution in [0.2, 0.25) is 0 Å². The summed E-state index contributed by atoms with van der Waals surface area (Å²) in [5.74, 6) is 0.0328. The molecule has 0 bridgehead atoms. The van der Waals surface area contributed by atoms with E-state index < -0.39 is 5.66 Å². The zero-order chi connectivity index (χ0) is 15.3. The van der Waals surface area contributed by atoms with Crippen LogP contribution in [0.4, 0.5) is 11.4 Å². The van der Waals surface area contributed by atoms with Crippen LogP contribution in [-0.2, 0) is 10.5 Å². The molecule has 2 aromatic carbocycles. The zero-order valence-electron chi connectivity index (χ0n) is 11.8. The lowest BCUT2D eigenvalue weighted by atomic mass is 9.95. The van der Waals surface area contributed by atoms with Gasteiger partial charge in [0.25, 0.3) is 11.8 Å². The van der Waals surface area contributed by atoms with Crippen LogP contribution in [0.25, 0.3) is 0 Å². The molecule has 2 heterocycles. The number of hydrogen-bond donors (Lipinski definition) is 3. The van der Waals surface area contributed by atoms with Crippen molar-refractivity contribution in [1.29, 1.82) is 0 Å². The van der Waals surface area contributed by atoms with Crippen molar-refractivity contribution in [1.82, 2.24) is 5.32 Å². The lowest BCUT2D eigenvalue weighted by Crippen LogP contribution is -2.59. The molecule has 2 amide bonds. The molecule has 110 valence electrons. The first-order valence-electron chi connectivity index (χ1n) is 6.84. The number of hydrogen-bond acceptors (Lipinski definition) is 4. The van der Waals surface area contributed by atoms with Crippen molar-refractivity contribution < 1.29 is 14.3 Å². The molecule has 0 saturated heterocycles. The second-order valence-corrected chi connectivity index (χ2v) is 5.24. The average molecular weight is 295 g/mol. The number of fused-ring (bicyclic) bond motifs is 3. The Bertz CT molecular complexity index is 818. The Morgan fingerprint density at radius 2 is 1.82 bits per heavy atom. The Morgan fingerprint density at radius 3 is 2.64 bits per heavy atom. The van der Waals surface area contributed by atoms with Gasteiger partial charge in [-0.1, -0.05) is 12.1 Å². The van der Waals surface area contributed by atoms with Gasteiger partial charge in [0, 0.05) is 17.3 Å². The van der Waals surface area contributed by atoms with Gasteiger partial charge < -0.3 is 20.7 Å². The number of methoxy groups -OCH3 is 1. The first-order valence-corrected chi connectivity index (χ1v) is 6.84. The van der Waals surface area contributed by atoms with Gasteiger partial charge in [0.05, 0.1) is 18.4 Å². The average Bonchev–Trinajstić information content (AvgIpc) is 2.78. The molecule has 2 aliphatic heterocycles. The van der Waals surface area contributed by atoms with Gasteiger partial charge >= 0.3 is 0 Å². The van der Waals surface area contributed by atoms with E-state index in [1.54, 1.807) is 43.5 Å². The van der Waals surface area contributed by atoms with E-state index in [-0.39, 0.29) is 11.8 Å². The summed E-state index contributed by atoms with van der Waals surface area (Å²) < 4.78 is 5.17. The van der Waals surface area contributed by atoms with Crippen molar-refractivity contribution in [2.45, 2.75) is 5.66 Å². The van der Waals surface area contributed by atoms with E-state index in [1.807, 2.05) is 6.07 Å². The van der Waals surface area contributed by atoms with E-state index in [1.165, 1.54) is 0 Å². The lowest BCUT2D eigenvalue weighted by Gasteiger charge is -2.35. The monoisotopic (exact) mass is 295 g/mol. The van der Waals surface area contributed by atoms with Crippen LogP contribution in [0, 0.1) is 0 Å². The third kappa shape index (κ3) is 1.54. The molecule has 0 aromatic heterocycles. The molecule has 1 atom stereocenters. The molecule has 4 rings (SSSR count). The van der Waals surface area contributed by atoms with Crippen molar-refractivity contribution >= 4 is 23.2 Å². The van der Waals surface area contributed by atoms with Crippen molar-refractivity contribution in [2.24, 2.45) is 0 Å². The summed E-state index contributed by atoms with van der Waals surface area (Å²) in [5.41, 5.74) is 1.15. The first kappa shape index (κ1) is 12.7. The molecule has 0 aliphatic carbocycles. The highest BCUT2D eigenvalue weighted by Gasteiger charge is 2.51. The second kappa shape index (κ2) is 4.24. The molecule has 6 nitrogen and oxygen atoms in total. The standard InChI is InChI=1S/C16H13N3O3/c1-22-9-6-7-11-13(8-9)17-15(21)16(11)18-12-5-3-2-4-10(12)14(20)19-16/h2-8,18H,1H3,(H,17,21)(H,19,20)/t16-/m1/s1. The summed E-state index contributed by atoms with van der Waals surface area (Å²) in [5, 5.41) is 8.74. The molecule has 0 radical (unpaired) electrons. The Kier molecular flexibility index (Phi) is 2.45. The van der Waals surface area contributed by atoms with Gasteiger partial charge in [0.2, 0.25) is 5.66 Å². The molecular weight excluding hydrogens is 282 g/mol. The van der Waals surface area contributed by atoms with Crippen molar-refractivity contribution in [2.75, 3.05) is 17.7 Å². The highest BCUT2D eigenvalue weighted by molar-refractivity contribution is 6.14. The van der Waals surface area contributed by atoms with Crippen molar-refractivity contribution in [3.05, 3.63) is 53.6 Å².